The van der Waals surface area contributed by atoms with Crippen LogP contribution in [0, 0.1) is 0 Å². The van der Waals surface area contributed by atoms with Gasteiger partial charge in [0, 0.05) is 12.3 Å². The van der Waals surface area contributed by atoms with E-state index in [1.807, 2.05) is 24.3 Å². The Morgan fingerprint density at radius 1 is 1.28 bits per heavy atom. The van der Waals surface area contributed by atoms with Gasteiger partial charge in [-0.25, -0.2) is 0 Å². The number of ether oxygens (including phenoxy) is 2. The largest absolute Gasteiger partial charge is 0.485 e. The molecule has 2 aromatic rings. The molecule has 1 aliphatic heterocycles. The van der Waals surface area contributed by atoms with Gasteiger partial charge in [-0.1, -0.05) is 17.3 Å². The number of hydrogen-bond acceptors (Lipinski definition) is 5. The molecular weight excluding hydrogens is 256 g/mol. The van der Waals surface area contributed by atoms with E-state index >= 15 is 0 Å². The molecule has 1 aromatic heterocycles. The minimum Gasteiger partial charge on any atom is -0.485 e. The zero-order chi connectivity index (χ0) is 12.4. The summed E-state index contributed by atoms with van der Waals surface area (Å²) in [6.45, 7) is 0.372. The molecule has 0 bridgehead atoms. The van der Waals surface area contributed by atoms with Crippen LogP contribution in [0.25, 0.3) is 0 Å². The standard InChI is InChI=1S/C12H11ClN2O3/c13-6-5-11-14-12(15-18-11)10-7-16-8-3-1-2-4-9(8)17-10/h1-4,10H,5-7H2. The first kappa shape index (κ1) is 11.3. The summed E-state index contributed by atoms with van der Waals surface area (Å²) < 4.78 is 16.4. The van der Waals surface area contributed by atoms with Crippen LogP contribution >= 0.6 is 11.6 Å². The summed E-state index contributed by atoms with van der Waals surface area (Å²) in [6.07, 6.45) is 0.214. The summed E-state index contributed by atoms with van der Waals surface area (Å²) in [7, 11) is 0. The maximum Gasteiger partial charge on any atom is 0.227 e. The van der Waals surface area contributed by atoms with Crippen molar-refractivity contribution in [2.24, 2.45) is 0 Å². The molecule has 1 aromatic carbocycles. The zero-order valence-corrected chi connectivity index (χ0v) is 10.3. The van der Waals surface area contributed by atoms with E-state index in [4.69, 9.17) is 25.6 Å². The number of rotatable bonds is 3. The molecule has 0 saturated heterocycles. The average molecular weight is 267 g/mol. The SMILES string of the molecule is ClCCc1nc(C2COc3ccccc3O2)no1. The second-order valence-electron chi connectivity index (χ2n) is 3.85. The first-order chi connectivity index (χ1) is 8.86. The normalized spacial score (nSPS) is 17.7. The summed E-state index contributed by atoms with van der Waals surface area (Å²) in [6, 6.07) is 7.50. The van der Waals surface area contributed by atoms with Crippen LogP contribution in [0.5, 0.6) is 11.5 Å². The Morgan fingerprint density at radius 2 is 2.11 bits per heavy atom. The Morgan fingerprint density at radius 3 is 2.94 bits per heavy atom. The van der Waals surface area contributed by atoms with Crippen LogP contribution in [0.2, 0.25) is 0 Å². The molecule has 1 unspecified atom stereocenters. The Hall–Kier alpha value is -1.75. The van der Waals surface area contributed by atoms with E-state index in [9.17, 15) is 0 Å². The first-order valence-corrected chi connectivity index (χ1v) is 6.17. The van der Waals surface area contributed by atoms with E-state index in [0.29, 0.717) is 36.4 Å². The number of aryl methyl sites for hydroxylation is 1. The van der Waals surface area contributed by atoms with Gasteiger partial charge in [0.15, 0.2) is 17.6 Å². The molecule has 1 aliphatic rings. The fourth-order valence-electron chi connectivity index (χ4n) is 1.73. The highest BCUT2D eigenvalue weighted by molar-refractivity contribution is 6.17. The average Bonchev–Trinajstić information content (AvgIpc) is 2.87. The molecule has 2 heterocycles. The molecule has 0 fully saturated rings. The number of hydrogen-bond donors (Lipinski definition) is 0. The highest BCUT2D eigenvalue weighted by atomic mass is 35.5. The fourth-order valence-corrected chi connectivity index (χ4v) is 1.89. The number of para-hydroxylation sites is 2. The number of aromatic nitrogens is 2. The lowest BCUT2D eigenvalue weighted by Gasteiger charge is -2.24. The third kappa shape index (κ3) is 2.13. The van der Waals surface area contributed by atoms with E-state index in [0.717, 1.165) is 5.75 Å². The maximum absolute atomic E-state index is 5.77. The predicted octanol–water partition coefficient (Wildman–Crippen LogP) is 2.36. The van der Waals surface area contributed by atoms with Crippen LogP contribution in [0.3, 0.4) is 0 Å². The second kappa shape index (κ2) is 4.86. The smallest absolute Gasteiger partial charge is 0.227 e. The van der Waals surface area contributed by atoms with Gasteiger partial charge in [-0.3, -0.25) is 0 Å². The van der Waals surface area contributed by atoms with Gasteiger partial charge in [0.2, 0.25) is 11.7 Å². The van der Waals surface area contributed by atoms with Crippen LogP contribution in [-0.4, -0.2) is 22.6 Å². The third-order valence-electron chi connectivity index (χ3n) is 2.59. The van der Waals surface area contributed by atoms with Gasteiger partial charge in [0.05, 0.1) is 0 Å². The number of fused-ring (bicyclic) bond motifs is 1. The van der Waals surface area contributed by atoms with Crippen molar-refractivity contribution in [2.75, 3.05) is 12.5 Å². The van der Waals surface area contributed by atoms with Crippen molar-refractivity contribution >= 4 is 11.6 Å². The lowest BCUT2D eigenvalue weighted by atomic mass is 10.2. The molecule has 18 heavy (non-hydrogen) atoms. The molecule has 1 atom stereocenters. The number of halogens is 1. The third-order valence-corrected chi connectivity index (χ3v) is 2.78. The van der Waals surface area contributed by atoms with E-state index in [-0.39, 0.29) is 6.10 Å². The monoisotopic (exact) mass is 266 g/mol. The molecular formula is C12H11ClN2O3. The Labute approximate surface area is 109 Å². The van der Waals surface area contributed by atoms with Crippen molar-refractivity contribution in [2.45, 2.75) is 12.5 Å². The van der Waals surface area contributed by atoms with E-state index < -0.39 is 0 Å². The summed E-state index contributed by atoms with van der Waals surface area (Å²) in [5.41, 5.74) is 0. The first-order valence-electron chi connectivity index (χ1n) is 5.64. The topological polar surface area (TPSA) is 57.4 Å². The van der Waals surface area contributed by atoms with Gasteiger partial charge in [-0.05, 0) is 12.1 Å². The van der Waals surface area contributed by atoms with Gasteiger partial charge in [0.25, 0.3) is 0 Å². The molecule has 0 amide bonds. The number of benzene rings is 1. The molecule has 6 heteroatoms. The van der Waals surface area contributed by atoms with Crippen LogP contribution in [0.15, 0.2) is 28.8 Å². The molecule has 0 radical (unpaired) electrons. The Balaban J connectivity index is 1.78. The van der Waals surface area contributed by atoms with E-state index in [1.165, 1.54) is 0 Å². The van der Waals surface area contributed by atoms with Gasteiger partial charge in [-0.15, -0.1) is 11.6 Å². The van der Waals surface area contributed by atoms with Gasteiger partial charge in [-0.2, -0.15) is 4.98 Å². The van der Waals surface area contributed by atoms with Crippen molar-refractivity contribution in [1.82, 2.24) is 10.1 Å². The summed E-state index contributed by atoms with van der Waals surface area (Å²) in [5, 5.41) is 3.88. The number of alkyl halides is 1. The quantitative estimate of drug-likeness (QED) is 0.798. The summed E-state index contributed by atoms with van der Waals surface area (Å²) in [4.78, 5) is 4.23. The molecule has 5 nitrogen and oxygen atoms in total. The molecule has 3 rings (SSSR count). The number of nitrogens with zero attached hydrogens (tertiary/aromatic N) is 2. The van der Waals surface area contributed by atoms with Crippen molar-refractivity contribution in [3.8, 4) is 11.5 Å². The van der Waals surface area contributed by atoms with Crippen molar-refractivity contribution < 1.29 is 14.0 Å². The van der Waals surface area contributed by atoms with Gasteiger partial charge < -0.3 is 14.0 Å². The van der Waals surface area contributed by atoms with Crippen molar-refractivity contribution in [3.05, 3.63) is 36.0 Å². The van der Waals surface area contributed by atoms with E-state index in [1.54, 1.807) is 0 Å². The second-order valence-corrected chi connectivity index (χ2v) is 4.23. The highest BCUT2D eigenvalue weighted by Crippen LogP contribution is 2.34. The predicted molar refractivity (Wildman–Crippen MR) is 64.0 cm³/mol. The van der Waals surface area contributed by atoms with Crippen molar-refractivity contribution in [1.29, 1.82) is 0 Å². The summed E-state index contributed by atoms with van der Waals surface area (Å²) in [5.74, 6) is 2.88. The Kier molecular flexibility index (Phi) is 3.06. The van der Waals surface area contributed by atoms with Crippen LogP contribution < -0.4 is 9.47 Å². The molecule has 0 N–H and O–H groups in total. The van der Waals surface area contributed by atoms with Gasteiger partial charge >= 0.3 is 0 Å². The molecule has 0 saturated carbocycles. The fraction of sp³-hybridized carbons (Fsp3) is 0.333. The lowest BCUT2D eigenvalue weighted by Crippen LogP contribution is -2.22. The lowest BCUT2D eigenvalue weighted by molar-refractivity contribution is 0.0832. The van der Waals surface area contributed by atoms with E-state index in [2.05, 4.69) is 10.1 Å². The van der Waals surface area contributed by atoms with Crippen molar-refractivity contribution in [3.63, 3.8) is 0 Å². The molecule has 0 spiro atoms. The zero-order valence-electron chi connectivity index (χ0n) is 9.51. The molecule has 94 valence electrons. The maximum atomic E-state index is 5.77. The van der Waals surface area contributed by atoms with Crippen LogP contribution in [0.4, 0.5) is 0 Å². The summed E-state index contributed by atoms with van der Waals surface area (Å²) >= 11 is 5.61. The minimum atomic E-state index is -0.340. The minimum absolute atomic E-state index is 0.340. The van der Waals surface area contributed by atoms with Crippen LogP contribution in [-0.2, 0) is 6.42 Å². The van der Waals surface area contributed by atoms with Gasteiger partial charge in [0.1, 0.15) is 6.61 Å². The molecule has 0 aliphatic carbocycles. The Bertz CT molecular complexity index is 544. The van der Waals surface area contributed by atoms with Crippen LogP contribution in [0.1, 0.15) is 17.8 Å². The highest BCUT2D eigenvalue weighted by Gasteiger charge is 2.26.